The third kappa shape index (κ3) is 5.72. The molecule has 1 rings (SSSR count). The van der Waals surface area contributed by atoms with Crippen molar-refractivity contribution in [1.82, 2.24) is 5.32 Å². The van der Waals surface area contributed by atoms with E-state index in [4.69, 9.17) is 11.6 Å². The van der Waals surface area contributed by atoms with E-state index in [1.54, 1.807) is 13.1 Å². The second-order valence-electron chi connectivity index (χ2n) is 3.44. The summed E-state index contributed by atoms with van der Waals surface area (Å²) in [6, 6.07) is 3.60. The van der Waals surface area contributed by atoms with Crippen LogP contribution in [0, 0.1) is 0 Å². The molecule has 1 heterocycles. The maximum Gasteiger partial charge on any atom is 0.411 e. The van der Waals surface area contributed by atoms with Crippen LogP contribution in [-0.2, 0) is 4.74 Å². The standard InChI is InChI=1S/C10H13ClF3NOS/c1-15-7(8-2-3-9(11)17-8)4-5-16-6-10(12,13)14/h2-3,7,15H,4-6H2,1H3. The van der Waals surface area contributed by atoms with Crippen molar-refractivity contribution in [3.05, 3.63) is 21.3 Å². The summed E-state index contributed by atoms with van der Waals surface area (Å²) in [7, 11) is 1.75. The van der Waals surface area contributed by atoms with Crippen LogP contribution in [0.5, 0.6) is 0 Å². The van der Waals surface area contributed by atoms with Crippen molar-refractivity contribution in [2.24, 2.45) is 0 Å². The molecule has 1 aromatic rings. The highest BCUT2D eigenvalue weighted by molar-refractivity contribution is 7.16. The van der Waals surface area contributed by atoms with E-state index in [1.807, 2.05) is 6.07 Å². The van der Waals surface area contributed by atoms with Gasteiger partial charge in [-0.15, -0.1) is 11.3 Å². The van der Waals surface area contributed by atoms with E-state index in [-0.39, 0.29) is 12.6 Å². The molecular weight excluding hydrogens is 275 g/mol. The highest BCUT2D eigenvalue weighted by atomic mass is 35.5. The predicted molar refractivity (Wildman–Crippen MR) is 62.6 cm³/mol. The SMILES string of the molecule is CNC(CCOCC(F)(F)F)c1ccc(Cl)s1. The van der Waals surface area contributed by atoms with Crippen LogP contribution in [0.15, 0.2) is 12.1 Å². The van der Waals surface area contributed by atoms with Crippen molar-refractivity contribution >= 4 is 22.9 Å². The van der Waals surface area contributed by atoms with Crippen LogP contribution in [0.4, 0.5) is 13.2 Å². The summed E-state index contributed by atoms with van der Waals surface area (Å²) in [5.74, 6) is 0. The molecule has 0 amide bonds. The van der Waals surface area contributed by atoms with Crippen molar-refractivity contribution < 1.29 is 17.9 Å². The Bertz CT molecular complexity index is 343. The molecule has 0 bridgehead atoms. The van der Waals surface area contributed by atoms with Gasteiger partial charge in [0.05, 0.1) is 4.34 Å². The lowest BCUT2D eigenvalue weighted by atomic mass is 10.2. The summed E-state index contributed by atoms with van der Waals surface area (Å²) in [5.41, 5.74) is 0. The first-order valence-electron chi connectivity index (χ1n) is 4.99. The highest BCUT2D eigenvalue weighted by Crippen LogP contribution is 2.28. The molecule has 0 radical (unpaired) electrons. The van der Waals surface area contributed by atoms with E-state index in [0.29, 0.717) is 10.8 Å². The number of alkyl halides is 3. The third-order valence-electron chi connectivity index (χ3n) is 2.10. The van der Waals surface area contributed by atoms with Gasteiger partial charge >= 0.3 is 6.18 Å². The van der Waals surface area contributed by atoms with Crippen LogP contribution < -0.4 is 5.32 Å². The fourth-order valence-corrected chi connectivity index (χ4v) is 2.54. The molecule has 0 aliphatic heterocycles. The number of nitrogens with one attached hydrogen (secondary N) is 1. The van der Waals surface area contributed by atoms with Gasteiger partial charge in [0.1, 0.15) is 6.61 Å². The molecule has 98 valence electrons. The fourth-order valence-electron chi connectivity index (χ4n) is 1.33. The average molecular weight is 288 g/mol. The van der Waals surface area contributed by atoms with Gasteiger partial charge in [-0.1, -0.05) is 11.6 Å². The van der Waals surface area contributed by atoms with Gasteiger partial charge in [0.2, 0.25) is 0 Å². The molecule has 2 nitrogen and oxygen atoms in total. The lowest BCUT2D eigenvalue weighted by Crippen LogP contribution is -2.21. The number of thiophene rings is 1. The zero-order chi connectivity index (χ0) is 12.9. The van der Waals surface area contributed by atoms with Gasteiger partial charge in [0, 0.05) is 17.5 Å². The van der Waals surface area contributed by atoms with Crippen molar-refractivity contribution in [2.75, 3.05) is 20.3 Å². The predicted octanol–water partition coefficient (Wildman–Crippen LogP) is 3.63. The topological polar surface area (TPSA) is 21.3 Å². The third-order valence-corrected chi connectivity index (χ3v) is 3.45. The maximum absolute atomic E-state index is 11.8. The van der Waals surface area contributed by atoms with Crippen LogP contribution in [0.3, 0.4) is 0 Å². The summed E-state index contributed by atoms with van der Waals surface area (Å²) in [6.45, 7) is -1.14. The minimum atomic E-state index is -4.26. The van der Waals surface area contributed by atoms with Crippen molar-refractivity contribution in [3.63, 3.8) is 0 Å². The lowest BCUT2D eigenvalue weighted by molar-refractivity contribution is -0.174. The van der Waals surface area contributed by atoms with Crippen molar-refractivity contribution in [1.29, 1.82) is 0 Å². The molecule has 1 N–H and O–H groups in total. The first kappa shape index (κ1) is 14.8. The van der Waals surface area contributed by atoms with Crippen LogP contribution in [0.25, 0.3) is 0 Å². The van der Waals surface area contributed by atoms with Gasteiger partial charge in [-0.2, -0.15) is 13.2 Å². The van der Waals surface area contributed by atoms with Gasteiger partial charge in [-0.3, -0.25) is 0 Å². The smallest absolute Gasteiger partial charge is 0.372 e. The summed E-state index contributed by atoms with van der Waals surface area (Å²) >= 11 is 7.20. The van der Waals surface area contributed by atoms with E-state index in [9.17, 15) is 13.2 Å². The van der Waals surface area contributed by atoms with E-state index >= 15 is 0 Å². The Morgan fingerprint density at radius 3 is 2.65 bits per heavy atom. The first-order chi connectivity index (χ1) is 7.92. The zero-order valence-corrected chi connectivity index (χ0v) is 10.8. The average Bonchev–Trinajstić information content (AvgIpc) is 2.63. The Balaban J connectivity index is 2.33. The molecule has 7 heteroatoms. The molecule has 0 aliphatic carbocycles. The molecule has 0 aromatic carbocycles. The number of hydrogen-bond donors (Lipinski definition) is 1. The Morgan fingerprint density at radius 1 is 1.47 bits per heavy atom. The molecule has 0 fully saturated rings. The molecule has 0 saturated heterocycles. The largest absolute Gasteiger partial charge is 0.411 e. The summed E-state index contributed by atoms with van der Waals surface area (Å²) < 4.78 is 40.7. The van der Waals surface area contributed by atoms with Crippen molar-refractivity contribution in [3.8, 4) is 0 Å². The Hall–Kier alpha value is -0.300. The molecule has 1 aromatic heterocycles. The summed E-state index contributed by atoms with van der Waals surface area (Å²) in [6.07, 6.45) is -3.79. The Labute approximate surface area is 107 Å². The minimum absolute atomic E-state index is 0.0271. The van der Waals surface area contributed by atoms with Gasteiger partial charge in [-0.25, -0.2) is 0 Å². The van der Waals surface area contributed by atoms with Gasteiger partial charge in [0.15, 0.2) is 0 Å². The van der Waals surface area contributed by atoms with E-state index in [1.165, 1.54) is 11.3 Å². The Morgan fingerprint density at radius 2 is 2.18 bits per heavy atom. The number of halogens is 4. The van der Waals surface area contributed by atoms with E-state index < -0.39 is 12.8 Å². The van der Waals surface area contributed by atoms with Crippen LogP contribution in [0.2, 0.25) is 4.34 Å². The van der Waals surface area contributed by atoms with Gasteiger partial charge in [0.25, 0.3) is 0 Å². The zero-order valence-electron chi connectivity index (χ0n) is 9.18. The molecule has 17 heavy (non-hydrogen) atoms. The maximum atomic E-state index is 11.8. The number of ether oxygens (including phenoxy) is 1. The van der Waals surface area contributed by atoms with Crippen LogP contribution in [0.1, 0.15) is 17.3 Å². The lowest BCUT2D eigenvalue weighted by Gasteiger charge is -2.15. The molecule has 1 unspecified atom stereocenters. The highest BCUT2D eigenvalue weighted by Gasteiger charge is 2.27. The summed E-state index contributed by atoms with van der Waals surface area (Å²) in [5, 5.41) is 3.02. The number of rotatable bonds is 6. The monoisotopic (exact) mass is 287 g/mol. The quantitative estimate of drug-likeness (QED) is 0.807. The van der Waals surface area contributed by atoms with Gasteiger partial charge in [-0.05, 0) is 25.6 Å². The number of hydrogen-bond acceptors (Lipinski definition) is 3. The normalized spacial score (nSPS) is 13.9. The molecule has 0 aliphatic rings. The van der Waals surface area contributed by atoms with Crippen LogP contribution >= 0.6 is 22.9 Å². The Kier molecular flexibility index (Phi) is 5.72. The molecule has 0 saturated carbocycles. The molecule has 0 spiro atoms. The molecule has 1 atom stereocenters. The van der Waals surface area contributed by atoms with Crippen molar-refractivity contribution in [2.45, 2.75) is 18.6 Å². The van der Waals surface area contributed by atoms with Gasteiger partial charge < -0.3 is 10.1 Å². The molecular formula is C10H13ClF3NOS. The van der Waals surface area contributed by atoms with E-state index in [2.05, 4.69) is 10.1 Å². The van der Waals surface area contributed by atoms with Crippen LogP contribution in [-0.4, -0.2) is 26.4 Å². The second-order valence-corrected chi connectivity index (χ2v) is 5.19. The van der Waals surface area contributed by atoms with E-state index in [0.717, 1.165) is 4.88 Å². The summed E-state index contributed by atoms with van der Waals surface area (Å²) in [4.78, 5) is 0.994. The first-order valence-corrected chi connectivity index (χ1v) is 6.19. The minimum Gasteiger partial charge on any atom is -0.372 e. The fraction of sp³-hybridized carbons (Fsp3) is 0.600. The second kappa shape index (κ2) is 6.58.